The Hall–Kier alpha value is -2.75. The van der Waals surface area contributed by atoms with Crippen molar-refractivity contribution in [3.8, 4) is 5.75 Å². The average Bonchev–Trinajstić information content (AvgIpc) is 2.55. The molecule has 0 aliphatic heterocycles. The molecule has 2 aromatic carbocycles. The number of aryl methyl sites for hydroxylation is 2. The van der Waals surface area contributed by atoms with E-state index in [9.17, 15) is 4.79 Å². The van der Waals surface area contributed by atoms with Crippen LogP contribution in [0.1, 0.15) is 22.3 Å². The molecule has 120 valence electrons. The predicted molar refractivity (Wildman–Crippen MR) is 94.9 cm³/mol. The van der Waals surface area contributed by atoms with E-state index in [1.807, 2.05) is 37.3 Å². The number of anilines is 1. The first-order valence-corrected chi connectivity index (χ1v) is 7.47. The van der Waals surface area contributed by atoms with Gasteiger partial charge in [0.1, 0.15) is 12.4 Å². The van der Waals surface area contributed by atoms with Gasteiger partial charge in [-0.2, -0.15) is 0 Å². The van der Waals surface area contributed by atoms with Crippen molar-refractivity contribution < 1.29 is 9.53 Å². The molecule has 0 saturated carbocycles. The van der Waals surface area contributed by atoms with Crippen LogP contribution in [0, 0.1) is 13.8 Å². The lowest BCUT2D eigenvalue weighted by molar-refractivity contribution is 0.254. The Kier molecular flexibility index (Phi) is 5.41. The summed E-state index contributed by atoms with van der Waals surface area (Å²) in [6, 6.07) is 11.5. The monoisotopic (exact) mass is 310 g/mol. The van der Waals surface area contributed by atoms with Gasteiger partial charge < -0.3 is 15.4 Å². The highest BCUT2D eigenvalue weighted by atomic mass is 16.5. The summed E-state index contributed by atoms with van der Waals surface area (Å²) in [5.74, 6) is 0.838. The summed E-state index contributed by atoms with van der Waals surface area (Å²) in [6.45, 7) is 8.22. The molecule has 2 aromatic rings. The molecule has 4 nitrogen and oxygen atoms in total. The highest BCUT2D eigenvalue weighted by molar-refractivity contribution is 5.90. The lowest BCUT2D eigenvalue weighted by atomic mass is 10.1. The molecule has 23 heavy (non-hydrogen) atoms. The number of urea groups is 1. The fourth-order valence-electron chi connectivity index (χ4n) is 2.28. The second-order valence-corrected chi connectivity index (χ2v) is 5.38. The van der Waals surface area contributed by atoms with E-state index < -0.39 is 0 Å². The lowest BCUT2D eigenvalue weighted by Gasteiger charge is -2.14. The average molecular weight is 310 g/mol. The van der Waals surface area contributed by atoms with Gasteiger partial charge in [-0.05, 0) is 43.2 Å². The third kappa shape index (κ3) is 4.36. The van der Waals surface area contributed by atoms with E-state index in [2.05, 4.69) is 30.2 Å². The molecule has 0 atom stereocenters. The summed E-state index contributed by atoms with van der Waals surface area (Å²) in [5.41, 5.74) is 4.88. The number of benzene rings is 2. The molecular weight excluding hydrogens is 288 g/mol. The molecule has 0 radical (unpaired) electrons. The molecule has 0 bridgehead atoms. The van der Waals surface area contributed by atoms with Crippen LogP contribution in [-0.2, 0) is 6.61 Å². The fraction of sp³-hybridized carbons (Fsp3) is 0.211. The predicted octanol–water partition coefficient (Wildman–Crippen LogP) is 4.28. The first kappa shape index (κ1) is 16.6. The minimum absolute atomic E-state index is 0.260. The van der Waals surface area contributed by atoms with Gasteiger partial charge in [-0.15, -0.1) is 0 Å². The van der Waals surface area contributed by atoms with Gasteiger partial charge in [0.25, 0.3) is 0 Å². The highest BCUT2D eigenvalue weighted by Gasteiger charge is 2.08. The molecule has 2 amide bonds. The number of ether oxygens (including phenoxy) is 1. The topological polar surface area (TPSA) is 50.4 Å². The molecular formula is C19H22N2O2. The van der Waals surface area contributed by atoms with E-state index in [1.165, 1.54) is 5.56 Å². The van der Waals surface area contributed by atoms with E-state index in [-0.39, 0.29) is 6.03 Å². The van der Waals surface area contributed by atoms with Gasteiger partial charge >= 0.3 is 6.03 Å². The smallest absolute Gasteiger partial charge is 0.318 e. The van der Waals surface area contributed by atoms with E-state index in [0.29, 0.717) is 6.61 Å². The number of rotatable bonds is 5. The van der Waals surface area contributed by atoms with E-state index in [0.717, 1.165) is 28.1 Å². The summed E-state index contributed by atoms with van der Waals surface area (Å²) in [5, 5.41) is 5.35. The van der Waals surface area contributed by atoms with Crippen molar-refractivity contribution in [3.63, 3.8) is 0 Å². The Bertz CT molecular complexity index is 723. The van der Waals surface area contributed by atoms with Gasteiger partial charge in [0.15, 0.2) is 0 Å². The number of carbonyl (C=O) groups excluding carboxylic acids is 1. The zero-order chi connectivity index (χ0) is 16.8. The molecule has 0 saturated heterocycles. The Morgan fingerprint density at radius 3 is 2.65 bits per heavy atom. The van der Waals surface area contributed by atoms with Crippen molar-refractivity contribution in [3.05, 3.63) is 65.2 Å². The number of carbonyl (C=O) groups is 1. The van der Waals surface area contributed by atoms with Gasteiger partial charge in [0.05, 0.1) is 0 Å². The van der Waals surface area contributed by atoms with Crippen molar-refractivity contribution in [2.24, 2.45) is 0 Å². The van der Waals surface area contributed by atoms with Crippen LogP contribution in [0.3, 0.4) is 0 Å². The molecule has 4 heteroatoms. The van der Waals surface area contributed by atoms with Crippen LogP contribution in [0.15, 0.2) is 43.0 Å². The van der Waals surface area contributed by atoms with Crippen LogP contribution < -0.4 is 15.4 Å². The third-order valence-electron chi connectivity index (χ3n) is 3.55. The zero-order valence-corrected chi connectivity index (χ0v) is 13.8. The van der Waals surface area contributed by atoms with Gasteiger partial charge in [-0.25, -0.2) is 4.79 Å². The molecule has 2 rings (SSSR count). The van der Waals surface area contributed by atoms with Crippen LogP contribution in [0.25, 0.3) is 6.08 Å². The standard InChI is InChI=1S/C19H22N2O2/c1-5-15-7-8-17(21-19(22)20-4)16(11-15)12-23-18-9-6-13(2)10-14(18)3/h5-11H,1,12H2,2-4H3,(H2,20,21,22). The summed E-state index contributed by atoms with van der Waals surface area (Å²) in [7, 11) is 1.58. The summed E-state index contributed by atoms with van der Waals surface area (Å²) in [4.78, 5) is 11.6. The first-order valence-electron chi connectivity index (χ1n) is 7.47. The van der Waals surface area contributed by atoms with E-state index >= 15 is 0 Å². The third-order valence-corrected chi connectivity index (χ3v) is 3.55. The van der Waals surface area contributed by atoms with Crippen LogP contribution in [0.5, 0.6) is 5.75 Å². The number of amides is 2. The molecule has 0 unspecified atom stereocenters. The number of nitrogens with one attached hydrogen (secondary N) is 2. The van der Waals surface area contributed by atoms with Crippen molar-refractivity contribution >= 4 is 17.8 Å². The van der Waals surface area contributed by atoms with Crippen molar-refractivity contribution in [1.29, 1.82) is 0 Å². The second kappa shape index (κ2) is 7.49. The van der Waals surface area contributed by atoms with Gasteiger partial charge in [-0.3, -0.25) is 0 Å². The van der Waals surface area contributed by atoms with Crippen LogP contribution >= 0.6 is 0 Å². The maximum absolute atomic E-state index is 11.6. The van der Waals surface area contributed by atoms with Crippen molar-refractivity contribution in [2.45, 2.75) is 20.5 Å². The van der Waals surface area contributed by atoms with E-state index in [4.69, 9.17) is 4.74 Å². The van der Waals surface area contributed by atoms with Gasteiger partial charge in [-0.1, -0.05) is 36.4 Å². The normalized spacial score (nSPS) is 10.0. The van der Waals surface area contributed by atoms with Gasteiger partial charge in [0, 0.05) is 18.3 Å². The SMILES string of the molecule is C=Cc1ccc(NC(=O)NC)c(COc2ccc(C)cc2C)c1. The van der Waals surface area contributed by atoms with Crippen LogP contribution in [0.2, 0.25) is 0 Å². The summed E-state index contributed by atoms with van der Waals surface area (Å²) in [6.07, 6.45) is 1.77. The highest BCUT2D eigenvalue weighted by Crippen LogP contribution is 2.23. The Morgan fingerprint density at radius 1 is 1.22 bits per heavy atom. The minimum atomic E-state index is -0.260. The van der Waals surface area contributed by atoms with Crippen molar-refractivity contribution in [2.75, 3.05) is 12.4 Å². The zero-order valence-electron chi connectivity index (χ0n) is 13.8. The summed E-state index contributed by atoms with van der Waals surface area (Å²) < 4.78 is 5.93. The lowest BCUT2D eigenvalue weighted by Crippen LogP contribution is -2.25. The van der Waals surface area contributed by atoms with Crippen molar-refractivity contribution in [1.82, 2.24) is 5.32 Å². The maximum Gasteiger partial charge on any atom is 0.318 e. The molecule has 0 aliphatic rings. The Labute approximate surface area is 137 Å². The fourth-order valence-corrected chi connectivity index (χ4v) is 2.28. The van der Waals surface area contributed by atoms with Crippen LogP contribution in [-0.4, -0.2) is 13.1 Å². The summed E-state index contributed by atoms with van der Waals surface area (Å²) >= 11 is 0. The molecule has 0 spiro atoms. The molecule has 0 heterocycles. The van der Waals surface area contributed by atoms with E-state index in [1.54, 1.807) is 13.1 Å². The molecule has 0 aromatic heterocycles. The largest absolute Gasteiger partial charge is 0.489 e. The molecule has 0 fully saturated rings. The number of hydrogen-bond acceptors (Lipinski definition) is 2. The number of hydrogen-bond donors (Lipinski definition) is 2. The second-order valence-electron chi connectivity index (χ2n) is 5.38. The maximum atomic E-state index is 11.6. The quantitative estimate of drug-likeness (QED) is 0.866. The Balaban J connectivity index is 2.22. The minimum Gasteiger partial charge on any atom is -0.489 e. The Morgan fingerprint density at radius 2 is 2.00 bits per heavy atom. The van der Waals surface area contributed by atoms with Crippen LogP contribution in [0.4, 0.5) is 10.5 Å². The first-order chi connectivity index (χ1) is 11.0. The molecule has 0 aliphatic carbocycles. The molecule has 2 N–H and O–H groups in total. The van der Waals surface area contributed by atoms with Gasteiger partial charge in [0.2, 0.25) is 0 Å².